The summed E-state index contributed by atoms with van der Waals surface area (Å²) in [6, 6.07) is 14.9. The van der Waals surface area contributed by atoms with Gasteiger partial charge in [0.2, 0.25) is 0 Å². The van der Waals surface area contributed by atoms with Crippen LogP contribution in [0.5, 0.6) is 0 Å². The number of nitrogens with one attached hydrogen (secondary N) is 2. The van der Waals surface area contributed by atoms with E-state index in [0.29, 0.717) is 0 Å². The number of hydrogen-bond acceptors (Lipinski definition) is 3. The molecule has 0 radical (unpaired) electrons. The van der Waals surface area contributed by atoms with Gasteiger partial charge in [-0.05, 0) is 79.8 Å². The highest BCUT2D eigenvalue weighted by atomic mass is 15.1. The van der Waals surface area contributed by atoms with E-state index in [-0.39, 0.29) is 0 Å². The van der Waals surface area contributed by atoms with E-state index < -0.39 is 0 Å². The highest BCUT2D eigenvalue weighted by Crippen LogP contribution is 2.32. The summed E-state index contributed by atoms with van der Waals surface area (Å²) in [6.07, 6.45) is 22.8. The number of terminal acetylenes is 1. The fourth-order valence-corrected chi connectivity index (χ4v) is 4.64. The Bertz CT molecular complexity index is 1160. The molecule has 2 N–H and O–H groups in total. The SMILES string of the molecule is C#C.C=C.C=C(Nc1cc(C(=C)NCCC)ccc1N(CCC)CCC)C1=CC=CC1.CC.CCCC(C)CC.Cc1ccccc1C. The van der Waals surface area contributed by atoms with Gasteiger partial charge in [-0.25, -0.2) is 0 Å². The van der Waals surface area contributed by atoms with Crippen LogP contribution in [-0.2, 0) is 0 Å². The maximum Gasteiger partial charge on any atom is 0.0628 e. The fourth-order valence-electron chi connectivity index (χ4n) is 4.64. The van der Waals surface area contributed by atoms with Crippen LogP contribution in [0.25, 0.3) is 5.70 Å². The first-order valence-corrected chi connectivity index (χ1v) is 18.2. The first-order valence-electron chi connectivity index (χ1n) is 18.2. The summed E-state index contributed by atoms with van der Waals surface area (Å²) in [4.78, 5) is 2.46. The zero-order chi connectivity index (χ0) is 37.3. The maximum absolute atomic E-state index is 4.27. The van der Waals surface area contributed by atoms with Gasteiger partial charge in [0.25, 0.3) is 0 Å². The van der Waals surface area contributed by atoms with Crippen LogP contribution in [-0.4, -0.2) is 19.6 Å². The molecule has 3 heteroatoms. The van der Waals surface area contributed by atoms with Gasteiger partial charge in [-0.2, -0.15) is 0 Å². The molecule has 48 heavy (non-hydrogen) atoms. The lowest BCUT2D eigenvalue weighted by Crippen LogP contribution is -2.26. The smallest absolute Gasteiger partial charge is 0.0628 e. The van der Waals surface area contributed by atoms with Gasteiger partial charge < -0.3 is 15.5 Å². The van der Waals surface area contributed by atoms with Crippen molar-refractivity contribution in [2.45, 2.75) is 114 Å². The molecule has 0 saturated carbocycles. The largest absolute Gasteiger partial charge is 0.385 e. The minimum Gasteiger partial charge on any atom is -0.385 e. The number of anilines is 2. The Labute approximate surface area is 299 Å². The molecule has 0 bridgehead atoms. The average molecular weight is 656 g/mol. The van der Waals surface area contributed by atoms with E-state index >= 15 is 0 Å². The lowest BCUT2D eigenvalue weighted by Gasteiger charge is -2.28. The second kappa shape index (κ2) is 33.0. The van der Waals surface area contributed by atoms with Gasteiger partial charge in [-0.15, -0.1) is 26.0 Å². The van der Waals surface area contributed by atoms with Crippen molar-refractivity contribution in [3.8, 4) is 12.8 Å². The van der Waals surface area contributed by atoms with Crippen molar-refractivity contribution in [2.75, 3.05) is 29.9 Å². The van der Waals surface area contributed by atoms with Crippen molar-refractivity contribution in [3.05, 3.63) is 115 Å². The van der Waals surface area contributed by atoms with E-state index in [9.17, 15) is 0 Å². The standard InChI is InChI=1S/C24H35N3.C8H10.C7H16.C2H6.C2H4.C2H2/c1-6-15-25-19(4)22-13-14-24(27(16-7-2)17-8-3)23(18-22)26-20(5)21-11-9-10-12-21;1-7-5-3-4-6-8(7)2;1-4-6-7(3)5-2;3*1-2/h9-11,13-14,18,25-26H,4-8,12,15-17H2,1-3H3;3-6H,1-2H3;7H,4-6H2,1-3H3;1-2H3;1-2H2;1-2H. The van der Waals surface area contributed by atoms with Crippen molar-refractivity contribution >= 4 is 17.1 Å². The third-order valence-electron chi connectivity index (χ3n) is 7.61. The number of allylic oxidation sites excluding steroid dienone is 4. The number of hydrogen-bond donors (Lipinski definition) is 2. The fraction of sp³-hybridized carbons (Fsp3) is 0.467. The Morgan fingerprint density at radius 2 is 1.40 bits per heavy atom. The van der Waals surface area contributed by atoms with Gasteiger partial charge in [0.05, 0.1) is 11.4 Å². The second-order valence-electron chi connectivity index (χ2n) is 11.4. The topological polar surface area (TPSA) is 27.3 Å². The number of benzene rings is 2. The molecule has 2 aromatic rings. The van der Waals surface area contributed by atoms with E-state index in [1.165, 1.54) is 41.6 Å². The lowest BCUT2D eigenvalue weighted by molar-refractivity contribution is 0.509. The molecular formula is C45H73N3. The Kier molecular flexibility index (Phi) is 33.4. The van der Waals surface area contributed by atoms with Gasteiger partial charge in [0, 0.05) is 31.0 Å². The first kappa shape index (κ1) is 48.5. The normalized spacial score (nSPS) is 11.0. The summed E-state index contributed by atoms with van der Waals surface area (Å²) < 4.78 is 0. The quantitative estimate of drug-likeness (QED) is 0.148. The monoisotopic (exact) mass is 656 g/mol. The van der Waals surface area contributed by atoms with Gasteiger partial charge in [0.15, 0.2) is 0 Å². The summed E-state index contributed by atoms with van der Waals surface area (Å²) in [7, 11) is 0. The van der Waals surface area contributed by atoms with E-state index in [0.717, 1.165) is 73.9 Å². The molecule has 0 amide bonds. The maximum atomic E-state index is 4.27. The minimum atomic E-state index is 0.937. The van der Waals surface area contributed by atoms with Crippen molar-refractivity contribution < 1.29 is 0 Å². The Morgan fingerprint density at radius 3 is 1.79 bits per heavy atom. The first-order chi connectivity index (χ1) is 23.2. The van der Waals surface area contributed by atoms with Crippen LogP contribution in [0.2, 0.25) is 0 Å². The van der Waals surface area contributed by atoms with Crippen LogP contribution < -0.4 is 15.5 Å². The molecule has 3 rings (SSSR count). The lowest BCUT2D eigenvalue weighted by atomic mass is 10.0. The highest BCUT2D eigenvalue weighted by Gasteiger charge is 2.14. The van der Waals surface area contributed by atoms with Gasteiger partial charge in [0.1, 0.15) is 0 Å². The molecule has 0 aliphatic heterocycles. The molecule has 1 aliphatic rings. The molecule has 0 fully saturated rings. The summed E-state index contributed by atoms with van der Waals surface area (Å²) in [5.41, 5.74) is 9.38. The second-order valence-corrected chi connectivity index (χ2v) is 11.4. The van der Waals surface area contributed by atoms with Crippen LogP contribution in [0.15, 0.2) is 98.3 Å². The van der Waals surface area contributed by atoms with Crippen LogP contribution in [0, 0.1) is 32.6 Å². The zero-order valence-electron chi connectivity index (χ0n) is 32.9. The highest BCUT2D eigenvalue weighted by molar-refractivity contribution is 5.78. The molecule has 1 unspecified atom stereocenters. The van der Waals surface area contributed by atoms with Crippen molar-refractivity contribution in [3.63, 3.8) is 0 Å². The van der Waals surface area contributed by atoms with Crippen molar-refractivity contribution in [1.82, 2.24) is 5.32 Å². The Balaban J connectivity index is -0.000000785. The Morgan fingerprint density at radius 1 is 0.833 bits per heavy atom. The molecule has 268 valence electrons. The molecule has 0 saturated heterocycles. The summed E-state index contributed by atoms with van der Waals surface area (Å²) in [5.74, 6) is 0.949. The van der Waals surface area contributed by atoms with E-state index in [1.54, 1.807) is 0 Å². The van der Waals surface area contributed by atoms with Gasteiger partial charge in [-0.1, -0.05) is 136 Å². The molecule has 3 nitrogen and oxygen atoms in total. The van der Waals surface area contributed by atoms with Gasteiger partial charge in [-0.3, -0.25) is 0 Å². The van der Waals surface area contributed by atoms with Crippen LogP contribution >= 0.6 is 0 Å². The predicted octanol–water partition coefficient (Wildman–Crippen LogP) is 13.3. The molecule has 0 spiro atoms. The number of nitrogens with zero attached hydrogens (tertiary/aromatic N) is 1. The van der Waals surface area contributed by atoms with E-state index in [1.807, 2.05) is 13.8 Å². The molecule has 1 aliphatic carbocycles. The molecule has 1 atom stereocenters. The minimum absolute atomic E-state index is 0.937. The molecule has 2 aromatic carbocycles. The summed E-state index contributed by atoms with van der Waals surface area (Å²) >= 11 is 0. The zero-order valence-corrected chi connectivity index (χ0v) is 32.9. The third kappa shape index (κ3) is 21.1. The van der Waals surface area contributed by atoms with Crippen molar-refractivity contribution in [1.29, 1.82) is 0 Å². The molecular weight excluding hydrogens is 583 g/mol. The Hall–Kier alpha value is -3.90. The van der Waals surface area contributed by atoms with E-state index in [4.69, 9.17) is 0 Å². The number of rotatable bonds is 15. The van der Waals surface area contributed by atoms with Crippen molar-refractivity contribution in [2.24, 2.45) is 5.92 Å². The van der Waals surface area contributed by atoms with Crippen LogP contribution in [0.3, 0.4) is 0 Å². The van der Waals surface area contributed by atoms with E-state index in [2.05, 4.69) is 171 Å². The summed E-state index contributed by atoms with van der Waals surface area (Å²) in [6.45, 7) is 39.2. The van der Waals surface area contributed by atoms with Crippen LogP contribution in [0.4, 0.5) is 11.4 Å². The number of aryl methyl sites for hydroxylation is 2. The van der Waals surface area contributed by atoms with Crippen LogP contribution in [0.1, 0.15) is 117 Å². The summed E-state index contributed by atoms with van der Waals surface area (Å²) in [5, 5.41) is 6.99. The average Bonchev–Trinajstić information content (AvgIpc) is 3.67. The molecule has 0 heterocycles. The predicted molar refractivity (Wildman–Crippen MR) is 224 cm³/mol. The third-order valence-corrected chi connectivity index (χ3v) is 7.61. The van der Waals surface area contributed by atoms with Gasteiger partial charge >= 0.3 is 0 Å². The molecule has 0 aromatic heterocycles.